The molecule has 0 atom stereocenters. The molecule has 344 valence electrons. The largest absolute Gasteiger partial charge is 0.393 e. The fraction of sp³-hybridized carbons (Fsp3) is 0.358. The summed E-state index contributed by atoms with van der Waals surface area (Å²) in [7, 11) is 0. The number of piperidine rings is 2. The van der Waals surface area contributed by atoms with Crippen LogP contribution in [0.15, 0.2) is 107 Å². The van der Waals surface area contributed by atoms with Crippen molar-refractivity contribution in [3.05, 3.63) is 151 Å². The van der Waals surface area contributed by atoms with Crippen LogP contribution in [0.25, 0.3) is 44.5 Å². The standard InChI is InChI=1S/C27H30ClN3O2.C26H28ClN3O3/c1-17-8-11-31(12-9-17)26(33)19-5-6-20(23(28)13-19)22-16-29-15-21(25(22)32)18-7-10-30-24(14-18)27(2,3)4;1-26(2,3)23-13-16(6-9-29-23)20-14-28-15-21(24(20)32)19-5-4-17(12-22(19)27)25(33)30-10-7-18(31)8-11-30/h5-7,10,13-17H,8-9,11-12H2,1-4H3,(H,29,32);4-6,9,12-15,18,31H,7-8,10-11H2,1-3H3,(H,28,32). The molecule has 2 aliphatic rings. The second-order valence-corrected chi connectivity index (χ2v) is 20.3. The fourth-order valence-electron chi connectivity index (χ4n) is 8.19. The van der Waals surface area contributed by atoms with Crippen molar-refractivity contribution in [2.24, 2.45) is 5.92 Å². The molecule has 2 amide bonds. The zero-order valence-electron chi connectivity index (χ0n) is 38.7. The van der Waals surface area contributed by atoms with Gasteiger partial charge in [-0.25, -0.2) is 0 Å². The van der Waals surface area contributed by atoms with Crippen LogP contribution in [-0.2, 0) is 10.8 Å². The van der Waals surface area contributed by atoms with Crippen LogP contribution in [0.5, 0.6) is 0 Å². The molecule has 0 unspecified atom stereocenters. The number of aromatic nitrogens is 4. The Bertz CT molecular complexity index is 2670. The summed E-state index contributed by atoms with van der Waals surface area (Å²) in [4.78, 5) is 71.2. The number of benzene rings is 2. The number of hydrogen-bond acceptors (Lipinski definition) is 7. The molecule has 0 saturated carbocycles. The summed E-state index contributed by atoms with van der Waals surface area (Å²) in [6.07, 6.45) is 13.0. The Kier molecular flexibility index (Phi) is 14.5. The molecule has 2 fully saturated rings. The van der Waals surface area contributed by atoms with Crippen LogP contribution in [0.2, 0.25) is 10.0 Å². The van der Waals surface area contributed by atoms with E-state index in [2.05, 4.69) is 68.4 Å². The maximum absolute atomic E-state index is 13.4. The third-order valence-electron chi connectivity index (χ3n) is 12.4. The first kappa shape index (κ1) is 48.1. The smallest absolute Gasteiger partial charge is 0.253 e. The summed E-state index contributed by atoms with van der Waals surface area (Å²) in [5, 5.41) is 10.4. The Morgan fingerprint density at radius 3 is 1.33 bits per heavy atom. The van der Waals surface area contributed by atoms with Crippen molar-refractivity contribution in [1.29, 1.82) is 0 Å². The molecule has 66 heavy (non-hydrogen) atoms. The van der Waals surface area contributed by atoms with E-state index in [0.717, 1.165) is 48.4 Å². The number of nitrogens with one attached hydrogen (secondary N) is 2. The van der Waals surface area contributed by atoms with Gasteiger partial charge in [0.2, 0.25) is 0 Å². The zero-order chi connectivity index (χ0) is 47.5. The maximum atomic E-state index is 13.4. The molecule has 6 aromatic rings. The van der Waals surface area contributed by atoms with Gasteiger partial charge in [0.25, 0.3) is 11.8 Å². The van der Waals surface area contributed by atoms with E-state index in [1.165, 1.54) is 0 Å². The van der Waals surface area contributed by atoms with Crippen LogP contribution < -0.4 is 10.9 Å². The number of aromatic amines is 2. The topological polar surface area (TPSA) is 152 Å². The van der Waals surface area contributed by atoms with Crippen LogP contribution in [0, 0.1) is 5.92 Å². The van der Waals surface area contributed by atoms with E-state index in [9.17, 15) is 24.3 Å². The van der Waals surface area contributed by atoms with Gasteiger partial charge in [-0.2, -0.15) is 0 Å². The molecule has 0 spiro atoms. The highest BCUT2D eigenvalue weighted by Gasteiger charge is 2.26. The quantitative estimate of drug-likeness (QED) is 0.150. The number of carbonyl (C=O) groups excluding carboxylic acids is 2. The Hall–Kier alpha value is -5.88. The van der Waals surface area contributed by atoms with Crippen molar-refractivity contribution < 1.29 is 14.7 Å². The molecule has 0 aliphatic carbocycles. The first-order chi connectivity index (χ1) is 31.3. The number of halogens is 2. The van der Waals surface area contributed by atoms with Crippen molar-refractivity contribution in [3.63, 3.8) is 0 Å². The van der Waals surface area contributed by atoms with E-state index in [-0.39, 0.29) is 39.6 Å². The first-order valence-electron chi connectivity index (χ1n) is 22.5. The number of amides is 2. The summed E-state index contributed by atoms with van der Waals surface area (Å²) in [6.45, 7) is 17.3. The Morgan fingerprint density at radius 2 is 0.955 bits per heavy atom. The van der Waals surface area contributed by atoms with E-state index in [4.69, 9.17) is 23.2 Å². The number of H-pyrrole nitrogens is 2. The molecule has 2 aromatic carbocycles. The number of nitrogens with zero attached hydrogens (tertiary/aromatic N) is 4. The van der Waals surface area contributed by atoms with Gasteiger partial charge >= 0.3 is 0 Å². The predicted octanol–water partition coefficient (Wildman–Crippen LogP) is 10.6. The van der Waals surface area contributed by atoms with Crippen LogP contribution >= 0.6 is 23.2 Å². The van der Waals surface area contributed by atoms with E-state index in [1.54, 1.807) is 78.5 Å². The average Bonchev–Trinajstić information content (AvgIpc) is 3.29. The van der Waals surface area contributed by atoms with Gasteiger partial charge in [-0.3, -0.25) is 29.1 Å². The summed E-state index contributed by atoms with van der Waals surface area (Å²) in [5.74, 6) is 0.521. The third kappa shape index (κ3) is 10.9. The van der Waals surface area contributed by atoms with Crippen molar-refractivity contribution in [2.45, 2.75) is 91.1 Å². The SMILES string of the molecule is CC(C)(C)c1cc(-c2c[nH]cc(-c3ccc(C(=O)N4CCC(O)CC4)cc3Cl)c2=O)ccn1.CC1CCN(C(=O)c2ccc(-c3c[nH]cc(-c4ccnc(C(C)(C)C)c4)c3=O)c(Cl)c2)CC1. The number of aliphatic hydroxyl groups is 1. The third-order valence-corrected chi connectivity index (χ3v) is 13.0. The van der Waals surface area contributed by atoms with Gasteiger partial charge in [0.15, 0.2) is 10.9 Å². The second-order valence-electron chi connectivity index (χ2n) is 19.5. The Labute approximate surface area is 396 Å². The monoisotopic (exact) mass is 928 g/mol. The molecule has 0 bridgehead atoms. The highest BCUT2D eigenvalue weighted by atomic mass is 35.5. The van der Waals surface area contributed by atoms with Gasteiger partial charge in [-0.05, 0) is 91.3 Å². The molecule has 4 aromatic heterocycles. The molecule has 13 heteroatoms. The van der Waals surface area contributed by atoms with Crippen molar-refractivity contribution in [2.75, 3.05) is 26.2 Å². The first-order valence-corrected chi connectivity index (χ1v) is 23.3. The number of rotatable bonds is 6. The lowest BCUT2D eigenvalue weighted by atomic mass is 9.90. The molecular weight excluding hydrogens is 872 g/mol. The molecular formula is C53H58Cl2N6O5. The lowest BCUT2D eigenvalue weighted by Crippen LogP contribution is -2.40. The summed E-state index contributed by atoms with van der Waals surface area (Å²) < 4.78 is 0. The van der Waals surface area contributed by atoms with Gasteiger partial charge in [-0.1, -0.05) is 83.8 Å². The maximum Gasteiger partial charge on any atom is 0.253 e. The number of carbonyl (C=O) groups is 2. The highest BCUT2D eigenvalue weighted by Crippen LogP contribution is 2.32. The van der Waals surface area contributed by atoms with Gasteiger partial charge in [0, 0.05) is 140 Å². The molecule has 0 radical (unpaired) electrons. The minimum absolute atomic E-state index is 0.00972. The summed E-state index contributed by atoms with van der Waals surface area (Å²) in [5.41, 5.74) is 7.05. The predicted molar refractivity (Wildman–Crippen MR) is 264 cm³/mol. The van der Waals surface area contributed by atoms with Crippen LogP contribution in [-0.4, -0.2) is 78.9 Å². The normalized spacial score (nSPS) is 15.0. The van der Waals surface area contributed by atoms with Crippen molar-refractivity contribution in [1.82, 2.24) is 29.7 Å². The lowest BCUT2D eigenvalue weighted by molar-refractivity contribution is 0.0546. The number of aliphatic hydroxyl groups excluding tert-OH is 1. The van der Waals surface area contributed by atoms with Crippen molar-refractivity contribution in [3.8, 4) is 44.5 Å². The van der Waals surface area contributed by atoms with Crippen LogP contribution in [0.1, 0.15) is 106 Å². The zero-order valence-corrected chi connectivity index (χ0v) is 40.2. The summed E-state index contributed by atoms with van der Waals surface area (Å²) in [6, 6.07) is 17.8. The second kappa shape index (κ2) is 19.9. The lowest BCUT2D eigenvalue weighted by Gasteiger charge is -2.30. The molecule has 2 saturated heterocycles. The summed E-state index contributed by atoms with van der Waals surface area (Å²) >= 11 is 13.1. The molecule has 3 N–H and O–H groups in total. The number of hydrogen-bond donors (Lipinski definition) is 3. The minimum Gasteiger partial charge on any atom is -0.393 e. The molecule has 2 aliphatic heterocycles. The fourth-order valence-corrected chi connectivity index (χ4v) is 8.76. The number of pyridine rings is 4. The van der Waals surface area contributed by atoms with E-state index in [0.29, 0.717) is 86.4 Å². The van der Waals surface area contributed by atoms with E-state index < -0.39 is 0 Å². The van der Waals surface area contributed by atoms with Gasteiger partial charge in [0.1, 0.15) is 0 Å². The number of likely N-dealkylation sites (tertiary alicyclic amines) is 2. The average molecular weight is 930 g/mol. The van der Waals surface area contributed by atoms with E-state index in [1.807, 2.05) is 29.2 Å². The van der Waals surface area contributed by atoms with Crippen LogP contribution in [0.4, 0.5) is 0 Å². The minimum atomic E-state index is -0.348. The molecule has 8 rings (SSSR count). The Morgan fingerprint density at radius 1 is 0.576 bits per heavy atom. The van der Waals surface area contributed by atoms with Crippen LogP contribution in [0.3, 0.4) is 0 Å². The van der Waals surface area contributed by atoms with Gasteiger partial charge in [0.05, 0.1) is 6.10 Å². The molecule has 11 nitrogen and oxygen atoms in total. The highest BCUT2D eigenvalue weighted by molar-refractivity contribution is 6.34. The van der Waals surface area contributed by atoms with Gasteiger partial charge < -0.3 is 24.9 Å². The van der Waals surface area contributed by atoms with E-state index >= 15 is 0 Å². The van der Waals surface area contributed by atoms with Gasteiger partial charge in [-0.15, -0.1) is 0 Å². The Balaban J connectivity index is 0.000000196. The molecule has 6 heterocycles. The van der Waals surface area contributed by atoms with Crippen molar-refractivity contribution >= 4 is 35.0 Å².